The van der Waals surface area contributed by atoms with Gasteiger partial charge in [0, 0.05) is 0 Å². The fraction of sp³-hybridized carbons (Fsp3) is 0. The van der Waals surface area contributed by atoms with E-state index >= 15 is 0 Å². The Balaban J connectivity index is 2.23. The van der Waals surface area contributed by atoms with Gasteiger partial charge >= 0.3 is 117 Å². The summed E-state index contributed by atoms with van der Waals surface area (Å²) in [6.07, 6.45) is 0. The molecule has 2 aromatic carbocycles. The van der Waals surface area contributed by atoms with Gasteiger partial charge in [0.15, 0.2) is 0 Å². The van der Waals surface area contributed by atoms with Gasteiger partial charge in [-0.2, -0.15) is 0 Å². The Morgan fingerprint density at radius 2 is 1.31 bits per heavy atom. The van der Waals surface area contributed by atoms with Gasteiger partial charge in [0.25, 0.3) is 0 Å². The van der Waals surface area contributed by atoms with Crippen LogP contribution < -0.4 is 10.6 Å². The van der Waals surface area contributed by atoms with Crippen molar-refractivity contribution >= 4 is 80.6 Å². The Morgan fingerprint density at radius 1 is 0.812 bits per heavy atom. The number of benzene rings is 2. The summed E-state index contributed by atoms with van der Waals surface area (Å²) in [7, 11) is -0.765. The first-order chi connectivity index (χ1) is 7.79. The molecule has 5 rings (SSSR count). The molecule has 0 nitrogen and oxygen atoms in total. The first-order valence-corrected chi connectivity index (χ1v) is 25.0. The zero-order valence-corrected chi connectivity index (χ0v) is 16.6. The van der Waals surface area contributed by atoms with Crippen LogP contribution in [0, 0.1) is 0 Å². The second-order valence-electron chi connectivity index (χ2n) is 3.63. The molecule has 80 valence electrons. The predicted octanol–water partition coefficient (Wildman–Crippen LogP) is 1.39. The third-order valence-corrected chi connectivity index (χ3v) is 112. The summed E-state index contributed by atoms with van der Waals surface area (Å²) < 4.78 is 0. The van der Waals surface area contributed by atoms with Crippen LogP contribution in [0.15, 0.2) is 36.4 Å². The fourth-order valence-electron chi connectivity index (χ4n) is 2.16. The first kappa shape index (κ1) is 11.5. The predicted molar refractivity (Wildman–Crippen MR) is 80.1 cm³/mol. The molecule has 2 bridgehead atoms. The van der Waals surface area contributed by atoms with Crippen molar-refractivity contribution in [1.29, 1.82) is 0 Å². The van der Waals surface area contributed by atoms with Crippen molar-refractivity contribution in [2.24, 2.45) is 0 Å². The molecule has 0 saturated carbocycles. The van der Waals surface area contributed by atoms with Gasteiger partial charge in [-0.3, -0.25) is 0 Å². The zero-order chi connectivity index (χ0) is 10.9. The molecule has 2 aromatic rings. The average Bonchev–Trinajstić information content (AvgIpc) is 2.30. The molecule has 1 saturated heterocycles. The summed E-state index contributed by atoms with van der Waals surface area (Å²) in [5.41, 5.74) is 0. The Kier molecular flexibility index (Phi) is 2.91. The number of rotatable bonds is 0. The molecule has 0 aliphatic carbocycles. The Labute approximate surface area is 116 Å². The number of hydrogen-bond acceptors (Lipinski definition) is 0. The molecule has 0 spiro atoms. The molecule has 0 N–H and O–H groups in total. The van der Waals surface area contributed by atoms with E-state index in [1.54, 1.807) is 16.0 Å². The van der Waals surface area contributed by atoms with E-state index in [0.717, 1.165) is 0 Å². The fourth-order valence-corrected chi connectivity index (χ4v) is 177. The first-order valence-electron chi connectivity index (χ1n) is 4.75. The Bertz CT molecular complexity index is 615. The van der Waals surface area contributed by atoms with Crippen molar-refractivity contribution in [3.8, 4) is 0 Å². The van der Waals surface area contributed by atoms with E-state index in [-0.39, 0.29) is 21.3 Å². The molecule has 3 heterocycles. The molecular weight excluding hydrogens is 498 g/mol. The van der Waals surface area contributed by atoms with Gasteiger partial charge < -0.3 is 0 Å². The summed E-state index contributed by atoms with van der Waals surface area (Å²) in [5, 5.41) is 7.18. The summed E-state index contributed by atoms with van der Waals surface area (Å²) in [5.74, 6) is 0. The van der Waals surface area contributed by atoms with E-state index in [4.69, 9.17) is 0 Å². The summed E-state index contributed by atoms with van der Waals surface area (Å²) in [6.45, 7) is 0. The molecule has 0 aromatic heterocycles. The molecule has 0 radical (unpaired) electrons. The SMILES string of the molecule is [Se]=[Se]1P2c3cccc4cccc(c34)P1[Se]2=[Se]. The Morgan fingerprint density at radius 3 is 1.81 bits per heavy atom. The minimum absolute atomic E-state index is 0.292. The van der Waals surface area contributed by atoms with Crippen LogP contribution in [0.3, 0.4) is 0 Å². The van der Waals surface area contributed by atoms with E-state index in [1.807, 2.05) is 0 Å². The van der Waals surface area contributed by atoms with Gasteiger partial charge in [-0.25, -0.2) is 0 Å². The maximum absolute atomic E-state index is 3.59. The average molecular weight is 504 g/mol. The molecule has 0 unspecified atom stereocenters. The van der Waals surface area contributed by atoms with Crippen LogP contribution in [-0.2, 0) is 0 Å². The molecule has 0 amide bonds. The molecule has 1 fully saturated rings. The van der Waals surface area contributed by atoms with Crippen LogP contribution in [0.2, 0.25) is 0 Å². The van der Waals surface area contributed by atoms with Crippen LogP contribution in [0.5, 0.6) is 0 Å². The monoisotopic (exact) mass is 508 g/mol. The van der Waals surface area contributed by atoms with Crippen molar-refractivity contribution in [3.05, 3.63) is 36.4 Å². The van der Waals surface area contributed by atoms with Crippen LogP contribution in [-0.4, -0.2) is 48.6 Å². The van der Waals surface area contributed by atoms with E-state index in [1.165, 1.54) is 5.39 Å². The summed E-state index contributed by atoms with van der Waals surface area (Å²) >= 11 is 7.17. The van der Waals surface area contributed by atoms with E-state index in [0.29, 0.717) is 10.6 Å². The van der Waals surface area contributed by atoms with Crippen molar-refractivity contribution < 1.29 is 0 Å². The zero-order valence-electron chi connectivity index (χ0n) is 7.99. The molecule has 3 aliphatic rings. The van der Waals surface area contributed by atoms with E-state index < -0.39 is 0 Å². The standard InChI is InChI=1S/C10H6P2Se4/c13-15-11-8-5-1-3-7-4-2-6-9(10(7)8)12(15)16(11)14/h1-6H. The second-order valence-corrected chi connectivity index (χ2v) is 53.2. The van der Waals surface area contributed by atoms with Crippen LogP contribution in [0.4, 0.5) is 0 Å². The quantitative estimate of drug-likeness (QED) is 0.377. The van der Waals surface area contributed by atoms with E-state index in [9.17, 15) is 0 Å². The molecule has 6 heteroatoms. The van der Waals surface area contributed by atoms with Gasteiger partial charge in [0.05, 0.1) is 0 Å². The van der Waals surface area contributed by atoms with Crippen molar-refractivity contribution in [2.45, 2.75) is 0 Å². The van der Waals surface area contributed by atoms with Crippen molar-refractivity contribution in [1.82, 2.24) is 0 Å². The van der Waals surface area contributed by atoms with Gasteiger partial charge in [0.1, 0.15) is 0 Å². The molecular formula is C10H6P2Se4. The molecule has 16 heavy (non-hydrogen) atoms. The second kappa shape index (κ2) is 4.06. The topological polar surface area (TPSA) is 0 Å². The number of hydrogen-bond donors (Lipinski definition) is 0. The van der Waals surface area contributed by atoms with Crippen LogP contribution in [0.25, 0.3) is 10.8 Å². The Hall–Kier alpha value is 1.64. The van der Waals surface area contributed by atoms with Gasteiger partial charge in [-0.05, 0) is 0 Å². The van der Waals surface area contributed by atoms with E-state index in [2.05, 4.69) is 63.7 Å². The molecule has 0 atom stereocenters. The van der Waals surface area contributed by atoms with Crippen LogP contribution in [0.1, 0.15) is 0 Å². The third-order valence-electron chi connectivity index (χ3n) is 2.82. The van der Waals surface area contributed by atoms with Gasteiger partial charge in [-0.1, -0.05) is 0 Å². The normalized spacial score (nSPS) is 34.8. The van der Waals surface area contributed by atoms with Gasteiger partial charge in [-0.15, -0.1) is 0 Å². The maximum atomic E-state index is 3.59. The van der Waals surface area contributed by atoms with Gasteiger partial charge in [0.2, 0.25) is 0 Å². The van der Waals surface area contributed by atoms with Crippen LogP contribution >= 0.6 is 10.6 Å². The third kappa shape index (κ3) is 1.36. The van der Waals surface area contributed by atoms with Crippen molar-refractivity contribution in [2.75, 3.05) is 0 Å². The summed E-state index contributed by atoms with van der Waals surface area (Å²) in [6, 6.07) is 13.9. The van der Waals surface area contributed by atoms with Crippen molar-refractivity contribution in [3.63, 3.8) is 0 Å². The molecule has 3 aliphatic heterocycles. The summed E-state index contributed by atoms with van der Waals surface area (Å²) in [4.78, 5) is 0. The minimum atomic E-state index is -0.382.